The van der Waals surface area contributed by atoms with Crippen LogP contribution >= 0.6 is 0 Å². The number of nitrogens with zero attached hydrogens (tertiary/aromatic N) is 3. The molecular formula is C28H41N5O3. The van der Waals surface area contributed by atoms with Crippen LogP contribution in [0.5, 0.6) is 11.5 Å². The van der Waals surface area contributed by atoms with Crippen molar-refractivity contribution in [2.45, 2.75) is 51.6 Å². The van der Waals surface area contributed by atoms with Crippen LogP contribution in [-0.2, 0) is 11.3 Å². The number of hydrogen-bond acceptors (Lipinski definition) is 7. The summed E-state index contributed by atoms with van der Waals surface area (Å²) in [6, 6.07) is 6.41. The average Bonchev–Trinajstić information content (AvgIpc) is 3.39. The van der Waals surface area contributed by atoms with E-state index in [1.165, 1.54) is 25.9 Å². The number of pyridine rings is 1. The Morgan fingerprint density at radius 3 is 2.58 bits per heavy atom. The molecule has 2 fully saturated rings. The molecule has 1 aromatic carbocycles. The lowest BCUT2D eigenvalue weighted by Crippen LogP contribution is -2.36. The number of carbonyl (C=O) groups excluding carboxylic acids is 1. The lowest BCUT2D eigenvalue weighted by Gasteiger charge is -2.30. The first-order chi connectivity index (χ1) is 17.4. The van der Waals surface area contributed by atoms with E-state index in [-0.39, 0.29) is 5.91 Å². The Morgan fingerprint density at radius 1 is 1.14 bits per heavy atom. The standard InChI is InChI=1S/C28H41N5O3/c1-20(2)28(34)29-19-22-16-24(30-21-8-13-32(3)14-9-21)23-17-26(35-4)27(18-25(23)31-22)36-15-7-12-33-10-5-6-11-33/h16-18,21H,1,5-15,19H2,2-4H3,(H,29,34)(H,30,31). The zero-order chi connectivity index (χ0) is 25.5. The molecule has 1 aromatic heterocycles. The number of piperidine rings is 1. The van der Waals surface area contributed by atoms with Crippen LogP contribution in [0.4, 0.5) is 5.69 Å². The van der Waals surface area contributed by atoms with E-state index in [2.05, 4.69) is 34.1 Å². The number of benzene rings is 1. The number of ether oxygens (including phenoxy) is 2. The maximum Gasteiger partial charge on any atom is 0.246 e. The normalized spacial score (nSPS) is 17.3. The summed E-state index contributed by atoms with van der Waals surface area (Å²) in [6.45, 7) is 12.0. The Labute approximate surface area is 215 Å². The van der Waals surface area contributed by atoms with Crippen LogP contribution < -0.4 is 20.1 Å². The van der Waals surface area contributed by atoms with Gasteiger partial charge < -0.3 is 29.9 Å². The second-order valence-electron chi connectivity index (χ2n) is 10.1. The lowest BCUT2D eigenvalue weighted by atomic mass is 10.0. The van der Waals surface area contributed by atoms with Gasteiger partial charge in [0.2, 0.25) is 5.91 Å². The molecule has 2 saturated heterocycles. The highest BCUT2D eigenvalue weighted by molar-refractivity contribution is 5.94. The number of hydrogen-bond donors (Lipinski definition) is 2. The smallest absolute Gasteiger partial charge is 0.246 e. The molecule has 0 unspecified atom stereocenters. The predicted octanol–water partition coefficient (Wildman–Crippen LogP) is 3.81. The van der Waals surface area contributed by atoms with Gasteiger partial charge in [0.1, 0.15) is 0 Å². The largest absolute Gasteiger partial charge is 0.493 e. The minimum atomic E-state index is -0.168. The van der Waals surface area contributed by atoms with Crippen molar-refractivity contribution in [3.63, 3.8) is 0 Å². The van der Waals surface area contributed by atoms with E-state index >= 15 is 0 Å². The van der Waals surface area contributed by atoms with Crippen molar-refractivity contribution in [2.75, 3.05) is 58.8 Å². The fraction of sp³-hybridized carbons (Fsp3) is 0.571. The highest BCUT2D eigenvalue weighted by Gasteiger charge is 2.19. The van der Waals surface area contributed by atoms with Crippen molar-refractivity contribution in [1.29, 1.82) is 0 Å². The Kier molecular flexibility index (Phi) is 9.04. The summed E-state index contributed by atoms with van der Waals surface area (Å²) in [5, 5.41) is 7.65. The maximum absolute atomic E-state index is 12.1. The first kappa shape index (κ1) is 26.2. The summed E-state index contributed by atoms with van der Waals surface area (Å²) in [4.78, 5) is 21.8. The van der Waals surface area contributed by atoms with Crippen molar-refractivity contribution < 1.29 is 14.3 Å². The van der Waals surface area contributed by atoms with E-state index in [0.29, 0.717) is 36.3 Å². The molecule has 8 nitrogen and oxygen atoms in total. The van der Waals surface area contributed by atoms with Gasteiger partial charge in [-0.15, -0.1) is 0 Å². The van der Waals surface area contributed by atoms with Crippen molar-refractivity contribution in [2.24, 2.45) is 0 Å². The van der Waals surface area contributed by atoms with Gasteiger partial charge in [-0.05, 0) is 84.4 Å². The van der Waals surface area contributed by atoms with Gasteiger partial charge in [-0.3, -0.25) is 9.78 Å². The van der Waals surface area contributed by atoms with Gasteiger partial charge in [0, 0.05) is 35.3 Å². The maximum atomic E-state index is 12.1. The van der Waals surface area contributed by atoms with Crippen LogP contribution in [0, 0.1) is 0 Å². The molecule has 0 aliphatic carbocycles. The van der Waals surface area contributed by atoms with E-state index in [1.807, 2.05) is 18.2 Å². The third kappa shape index (κ3) is 6.89. The Morgan fingerprint density at radius 2 is 1.89 bits per heavy atom. The number of rotatable bonds is 11. The van der Waals surface area contributed by atoms with Gasteiger partial charge in [0.05, 0.1) is 31.5 Å². The topological polar surface area (TPSA) is 79.0 Å². The van der Waals surface area contributed by atoms with Gasteiger partial charge in [0.15, 0.2) is 11.5 Å². The molecule has 2 N–H and O–H groups in total. The molecule has 2 aromatic rings. The second kappa shape index (κ2) is 12.4. The molecule has 4 rings (SSSR count). The average molecular weight is 496 g/mol. The van der Waals surface area contributed by atoms with E-state index in [0.717, 1.165) is 61.2 Å². The molecule has 3 heterocycles. The third-order valence-corrected chi connectivity index (χ3v) is 7.12. The van der Waals surface area contributed by atoms with Gasteiger partial charge in [-0.2, -0.15) is 0 Å². The van der Waals surface area contributed by atoms with Crippen LogP contribution in [0.3, 0.4) is 0 Å². The minimum absolute atomic E-state index is 0.168. The van der Waals surface area contributed by atoms with Gasteiger partial charge in [0.25, 0.3) is 0 Å². The molecule has 0 atom stereocenters. The van der Waals surface area contributed by atoms with Gasteiger partial charge in [-0.1, -0.05) is 6.58 Å². The summed E-state index contributed by atoms with van der Waals surface area (Å²) < 4.78 is 11.9. The Balaban J connectivity index is 1.56. The monoisotopic (exact) mass is 495 g/mol. The zero-order valence-corrected chi connectivity index (χ0v) is 22.1. The highest BCUT2D eigenvalue weighted by atomic mass is 16.5. The zero-order valence-electron chi connectivity index (χ0n) is 22.1. The fourth-order valence-electron chi connectivity index (χ4n) is 4.94. The quantitative estimate of drug-likeness (QED) is 0.363. The first-order valence-electron chi connectivity index (χ1n) is 13.2. The van der Waals surface area contributed by atoms with Gasteiger partial charge >= 0.3 is 0 Å². The van der Waals surface area contributed by atoms with Crippen molar-refractivity contribution >= 4 is 22.5 Å². The third-order valence-electron chi connectivity index (χ3n) is 7.12. The number of aromatic nitrogens is 1. The molecule has 0 spiro atoms. The van der Waals surface area contributed by atoms with E-state index in [9.17, 15) is 4.79 Å². The second-order valence-corrected chi connectivity index (χ2v) is 10.1. The molecule has 8 heteroatoms. The van der Waals surface area contributed by atoms with Crippen molar-refractivity contribution in [3.05, 3.63) is 36.0 Å². The van der Waals surface area contributed by atoms with E-state index < -0.39 is 0 Å². The Hall–Kier alpha value is -2.84. The summed E-state index contributed by atoms with van der Waals surface area (Å²) in [5.74, 6) is 1.24. The van der Waals surface area contributed by atoms with Gasteiger partial charge in [-0.25, -0.2) is 0 Å². The van der Waals surface area contributed by atoms with Crippen molar-refractivity contribution in [1.82, 2.24) is 20.1 Å². The van der Waals surface area contributed by atoms with Crippen LogP contribution in [0.1, 0.15) is 44.7 Å². The number of anilines is 1. The molecule has 1 amide bonds. The minimum Gasteiger partial charge on any atom is -0.493 e. The summed E-state index contributed by atoms with van der Waals surface area (Å²) in [5.41, 5.74) is 3.10. The van der Waals surface area contributed by atoms with Crippen LogP contribution in [0.15, 0.2) is 30.4 Å². The lowest BCUT2D eigenvalue weighted by molar-refractivity contribution is -0.117. The SMILES string of the molecule is C=C(C)C(=O)NCc1cc(NC2CCN(C)CC2)c2cc(OC)c(OCCCN3CCCC3)cc2n1. The molecule has 2 aliphatic heterocycles. The molecule has 2 aliphatic rings. The van der Waals surface area contributed by atoms with E-state index in [1.54, 1.807) is 14.0 Å². The summed E-state index contributed by atoms with van der Waals surface area (Å²) >= 11 is 0. The van der Waals surface area contributed by atoms with Crippen molar-refractivity contribution in [3.8, 4) is 11.5 Å². The number of amides is 1. The fourth-order valence-corrected chi connectivity index (χ4v) is 4.94. The van der Waals surface area contributed by atoms with E-state index in [4.69, 9.17) is 14.5 Å². The molecule has 0 bridgehead atoms. The first-order valence-corrected chi connectivity index (χ1v) is 13.2. The number of likely N-dealkylation sites (tertiary alicyclic amines) is 2. The number of fused-ring (bicyclic) bond motifs is 1. The van der Waals surface area contributed by atoms with Crippen LogP contribution in [0.25, 0.3) is 10.9 Å². The summed E-state index contributed by atoms with van der Waals surface area (Å²) in [6.07, 6.45) is 5.74. The highest BCUT2D eigenvalue weighted by Crippen LogP contribution is 2.36. The molecule has 196 valence electrons. The predicted molar refractivity (Wildman–Crippen MR) is 145 cm³/mol. The molecular weight excluding hydrogens is 454 g/mol. The number of nitrogens with one attached hydrogen (secondary N) is 2. The number of carbonyl (C=O) groups is 1. The summed E-state index contributed by atoms with van der Waals surface area (Å²) in [7, 11) is 3.84. The van der Waals surface area contributed by atoms with Crippen LogP contribution in [-0.4, -0.2) is 80.2 Å². The molecule has 0 radical (unpaired) electrons. The number of methoxy groups -OCH3 is 1. The van der Waals surface area contributed by atoms with Crippen LogP contribution in [0.2, 0.25) is 0 Å². The molecule has 36 heavy (non-hydrogen) atoms. The molecule has 0 saturated carbocycles. The Bertz CT molecular complexity index is 1060.